The van der Waals surface area contributed by atoms with Crippen LogP contribution in [0.15, 0.2) is 21.7 Å². The largest absolute Gasteiger partial charge is 1.00 e. The summed E-state index contributed by atoms with van der Waals surface area (Å²) >= 11 is 3.28. The Hall–Kier alpha value is 0.933. The van der Waals surface area contributed by atoms with Crippen LogP contribution in [0.2, 0.25) is 0 Å². The van der Waals surface area contributed by atoms with Gasteiger partial charge in [0.2, 0.25) is 0 Å². The van der Waals surface area contributed by atoms with Crippen molar-refractivity contribution in [3.63, 3.8) is 0 Å². The van der Waals surface area contributed by atoms with Gasteiger partial charge < -0.3 is 17.0 Å². The van der Waals surface area contributed by atoms with Crippen LogP contribution >= 0.6 is 11.8 Å². The Balaban J connectivity index is 0.000000640. The van der Waals surface area contributed by atoms with Crippen molar-refractivity contribution >= 4 is 11.8 Å². The molecule has 0 radical (unpaired) electrons. The quantitative estimate of drug-likeness (QED) is 0.505. The molecule has 0 saturated heterocycles. The number of hydrogen-bond acceptors (Lipinski definition) is 1. The molecule has 0 fully saturated rings. The van der Waals surface area contributed by atoms with Gasteiger partial charge in [-0.1, -0.05) is 0 Å². The van der Waals surface area contributed by atoms with Gasteiger partial charge >= 0.3 is 64.0 Å². The molecule has 0 amide bonds. The van der Waals surface area contributed by atoms with E-state index in [-0.39, 0.29) is 17.0 Å². The zero-order valence-corrected chi connectivity index (χ0v) is 10.7. The van der Waals surface area contributed by atoms with E-state index in [1.54, 1.807) is 3.50 Å². The zero-order chi connectivity index (χ0) is 5.98. The van der Waals surface area contributed by atoms with Crippen molar-refractivity contribution in [3.8, 4) is 0 Å². The Morgan fingerprint density at radius 1 is 1.67 bits per heavy atom. The van der Waals surface area contributed by atoms with Crippen LogP contribution in [0.25, 0.3) is 0 Å². The molecule has 9 heavy (non-hydrogen) atoms. The maximum Gasteiger partial charge on any atom is -1.00 e. The summed E-state index contributed by atoms with van der Waals surface area (Å²) in [6.07, 6.45) is 6.58. The Kier molecular flexibility index (Phi) is 5.19. The average molecular weight is 256 g/mol. The minimum absolute atomic E-state index is 0. The van der Waals surface area contributed by atoms with Crippen molar-refractivity contribution in [2.75, 3.05) is 0 Å². The summed E-state index contributed by atoms with van der Waals surface area (Å²) in [7, 11) is 0. The molecule has 0 aliphatic carbocycles. The van der Waals surface area contributed by atoms with E-state index in [9.17, 15) is 0 Å². The van der Waals surface area contributed by atoms with E-state index in [0.29, 0.717) is 5.25 Å². The molecular formula is C6H7BrSZn. The van der Waals surface area contributed by atoms with Gasteiger partial charge in [-0.15, -0.1) is 0 Å². The van der Waals surface area contributed by atoms with Crippen LogP contribution in [0, 0.1) is 0 Å². The molecule has 0 N–H and O–H groups in total. The summed E-state index contributed by atoms with van der Waals surface area (Å²) in [5.41, 5.74) is 0. The van der Waals surface area contributed by atoms with Gasteiger partial charge in [-0.25, -0.2) is 0 Å². The monoisotopic (exact) mass is 254 g/mol. The van der Waals surface area contributed by atoms with Crippen LogP contribution < -0.4 is 17.0 Å². The average Bonchev–Trinajstić information content (AvgIpc) is 1.64. The molecule has 1 aliphatic heterocycles. The van der Waals surface area contributed by atoms with Crippen molar-refractivity contribution in [3.05, 3.63) is 21.7 Å². The predicted octanol–water partition coefficient (Wildman–Crippen LogP) is -0.930. The van der Waals surface area contributed by atoms with E-state index >= 15 is 0 Å². The Morgan fingerprint density at radius 3 is 2.67 bits per heavy atom. The molecule has 0 saturated carbocycles. The number of rotatable bonds is 0. The molecule has 0 aromatic rings. The normalized spacial score (nSPS) is 24.8. The van der Waals surface area contributed by atoms with Crippen molar-refractivity contribution in [1.29, 1.82) is 0 Å². The molecule has 1 atom stereocenters. The third-order valence-electron chi connectivity index (χ3n) is 1.00. The second kappa shape index (κ2) is 4.70. The number of allylic oxidation sites excluding steroid dienone is 2. The Bertz CT molecular complexity index is 142. The molecule has 1 heterocycles. The van der Waals surface area contributed by atoms with Crippen LogP contribution in [0.1, 0.15) is 6.92 Å². The van der Waals surface area contributed by atoms with Crippen molar-refractivity contribution in [2.24, 2.45) is 0 Å². The van der Waals surface area contributed by atoms with Crippen LogP contribution in [0.5, 0.6) is 0 Å². The zero-order valence-electron chi connectivity index (χ0n) is 5.30. The number of hydrogen-bond donors (Lipinski definition) is 0. The van der Waals surface area contributed by atoms with Crippen LogP contribution in [0.3, 0.4) is 0 Å². The first-order chi connectivity index (χ1) is 3.79. The fraction of sp³-hybridized carbons (Fsp3) is 0.333. The van der Waals surface area contributed by atoms with E-state index in [1.807, 2.05) is 11.8 Å². The number of halogens is 1. The SMILES string of the molecule is CC1C=CC=[C]([Zn+])S1.[Br-]. The molecule has 1 unspecified atom stereocenters. The van der Waals surface area contributed by atoms with E-state index in [2.05, 4.69) is 25.2 Å². The summed E-state index contributed by atoms with van der Waals surface area (Å²) in [6, 6.07) is 0. The molecule has 0 aromatic heterocycles. The molecule has 1 rings (SSSR count). The van der Waals surface area contributed by atoms with Crippen molar-refractivity contribution < 1.29 is 35.3 Å². The molecule has 3 heteroatoms. The maximum absolute atomic E-state index is 2.23. The summed E-state index contributed by atoms with van der Waals surface area (Å²) in [5, 5.41) is 0.712. The first-order valence-electron chi connectivity index (χ1n) is 2.66. The van der Waals surface area contributed by atoms with Gasteiger partial charge in [0.25, 0.3) is 0 Å². The third-order valence-corrected chi connectivity index (χ3v) is 3.51. The predicted molar refractivity (Wildman–Crippen MR) is 34.3 cm³/mol. The topological polar surface area (TPSA) is 0 Å². The summed E-state index contributed by atoms with van der Waals surface area (Å²) in [6.45, 7) is 2.23. The minimum Gasteiger partial charge on any atom is -1.00 e. The molecule has 46 valence electrons. The van der Waals surface area contributed by atoms with E-state index < -0.39 is 0 Å². The molecule has 0 nitrogen and oxygen atoms in total. The van der Waals surface area contributed by atoms with Gasteiger partial charge in [-0.2, -0.15) is 0 Å². The molecule has 0 bridgehead atoms. The number of thioether (sulfide) groups is 1. The van der Waals surface area contributed by atoms with Crippen LogP contribution in [-0.2, 0) is 18.3 Å². The van der Waals surface area contributed by atoms with E-state index in [4.69, 9.17) is 0 Å². The molecule has 0 spiro atoms. The van der Waals surface area contributed by atoms with E-state index in [1.165, 1.54) is 18.3 Å². The third kappa shape index (κ3) is 3.59. The summed E-state index contributed by atoms with van der Waals surface area (Å²) in [5.74, 6) is 0. The van der Waals surface area contributed by atoms with Gasteiger partial charge in [0.1, 0.15) is 0 Å². The smallest absolute Gasteiger partial charge is 1.00 e. The fourth-order valence-electron chi connectivity index (χ4n) is 0.637. The van der Waals surface area contributed by atoms with Gasteiger partial charge in [0.05, 0.1) is 0 Å². The summed E-state index contributed by atoms with van der Waals surface area (Å²) in [4.78, 5) is 0. The van der Waals surface area contributed by atoms with Crippen molar-refractivity contribution in [2.45, 2.75) is 12.2 Å². The Labute approximate surface area is 80.6 Å². The van der Waals surface area contributed by atoms with Crippen molar-refractivity contribution in [1.82, 2.24) is 0 Å². The van der Waals surface area contributed by atoms with Crippen LogP contribution in [0.4, 0.5) is 0 Å². The molecular weight excluding hydrogens is 249 g/mol. The van der Waals surface area contributed by atoms with Gasteiger partial charge in [-0.05, 0) is 0 Å². The van der Waals surface area contributed by atoms with Crippen LogP contribution in [-0.4, -0.2) is 5.25 Å². The minimum atomic E-state index is 0. The Morgan fingerprint density at radius 2 is 2.33 bits per heavy atom. The summed E-state index contributed by atoms with van der Waals surface area (Å²) < 4.78 is 1.54. The van der Waals surface area contributed by atoms with Gasteiger partial charge in [0, 0.05) is 0 Å². The standard InChI is InChI=1S/C6H7S.BrH.Zn/c1-6-4-2-3-5-7-6;;/h2-4,6H,1H3;1H;/q;;+1/p-1. The first-order valence-corrected chi connectivity index (χ1v) is 5.02. The maximum atomic E-state index is 2.23. The second-order valence-corrected chi connectivity index (χ2v) is 6.02. The molecule has 1 aliphatic rings. The van der Waals surface area contributed by atoms with Gasteiger partial charge in [-0.3, -0.25) is 0 Å². The second-order valence-electron chi connectivity index (χ2n) is 1.84. The molecule has 0 aromatic carbocycles. The fourth-order valence-corrected chi connectivity index (χ4v) is 3.38. The van der Waals surface area contributed by atoms with Gasteiger partial charge in [0.15, 0.2) is 0 Å². The first kappa shape index (κ1) is 9.93. The van der Waals surface area contributed by atoms with E-state index in [0.717, 1.165) is 0 Å².